The number of hydrogen-bond acceptors (Lipinski definition) is 2. The van der Waals surface area contributed by atoms with Crippen LogP contribution in [0, 0.1) is 11.3 Å². The second-order valence-electron chi connectivity index (χ2n) is 3.52. The number of nitriles is 1. The maximum absolute atomic E-state index is 12.5. The lowest BCUT2D eigenvalue weighted by atomic mass is 10.1. The molecule has 0 heterocycles. The van der Waals surface area contributed by atoms with Crippen LogP contribution in [-0.4, -0.2) is 6.61 Å². The topological polar surface area (TPSA) is 33.0 Å². The Morgan fingerprint density at radius 2 is 2.06 bits per heavy atom. The van der Waals surface area contributed by atoms with Crippen LogP contribution < -0.4 is 4.74 Å². The average molecular weight is 243 g/mol. The zero-order valence-electron chi connectivity index (χ0n) is 9.34. The molecule has 0 aliphatic carbocycles. The van der Waals surface area contributed by atoms with E-state index in [2.05, 4.69) is 0 Å². The third-order valence-corrected chi connectivity index (χ3v) is 2.18. The molecule has 17 heavy (non-hydrogen) atoms. The maximum atomic E-state index is 12.5. The molecule has 0 unspecified atom stereocenters. The van der Waals surface area contributed by atoms with Gasteiger partial charge in [-0.25, -0.2) is 0 Å². The predicted molar refractivity (Wildman–Crippen MR) is 56.6 cm³/mol. The van der Waals surface area contributed by atoms with E-state index in [1.54, 1.807) is 0 Å². The highest BCUT2D eigenvalue weighted by Crippen LogP contribution is 2.32. The maximum Gasteiger partial charge on any atom is 0.416 e. The molecule has 2 nitrogen and oxygen atoms in total. The highest BCUT2D eigenvalue weighted by atomic mass is 19.4. The van der Waals surface area contributed by atoms with Crippen molar-refractivity contribution in [2.45, 2.75) is 25.9 Å². The molecule has 0 atom stereocenters. The van der Waals surface area contributed by atoms with E-state index in [9.17, 15) is 13.2 Å². The number of halogens is 3. The van der Waals surface area contributed by atoms with E-state index < -0.39 is 11.7 Å². The molecular weight excluding hydrogens is 231 g/mol. The molecule has 0 fully saturated rings. The Labute approximate surface area is 97.6 Å². The molecule has 0 N–H and O–H groups in total. The summed E-state index contributed by atoms with van der Waals surface area (Å²) in [6, 6.07) is 4.69. The summed E-state index contributed by atoms with van der Waals surface area (Å²) in [6.45, 7) is 2.26. The molecule has 5 heteroatoms. The monoisotopic (exact) mass is 243 g/mol. The fraction of sp³-hybridized carbons (Fsp3) is 0.417. The Bertz CT molecular complexity index is 421. The molecule has 0 aliphatic rings. The van der Waals surface area contributed by atoms with E-state index in [4.69, 9.17) is 10.00 Å². The van der Waals surface area contributed by atoms with Gasteiger partial charge in [0.05, 0.1) is 17.7 Å². The van der Waals surface area contributed by atoms with Crippen molar-refractivity contribution in [1.29, 1.82) is 5.26 Å². The summed E-state index contributed by atoms with van der Waals surface area (Å²) in [7, 11) is 0. The van der Waals surface area contributed by atoms with E-state index >= 15 is 0 Å². The van der Waals surface area contributed by atoms with Crippen molar-refractivity contribution < 1.29 is 17.9 Å². The summed E-state index contributed by atoms with van der Waals surface area (Å²) >= 11 is 0. The lowest BCUT2D eigenvalue weighted by Gasteiger charge is -2.11. The van der Waals surface area contributed by atoms with Crippen molar-refractivity contribution in [3.8, 4) is 11.8 Å². The van der Waals surface area contributed by atoms with E-state index in [0.29, 0.717) is 6.61 Å². The van der Waals surface area contributed by atoms with Gasteiger partial charge in [-0.15, -0.1) is 0 Å². The van der Waals surface area contributed by atoms with Crippen molar-refractivity contribution in [3.63, 3.8) is 0 Å². The predicted octanol–water partition coefficient (Wildman–Crippen LogP) is 3.76. The molecule has 0 saturated heterocycles. The second-order valence-corrected chi connectivity index (χ2v) is 3.52. The van der Waals surface area contributed by atoms with E-state index in [-0.39, 0.29) is 11.3 Å². The number of unbranched alkanes of at least 4 members (excludes halogenated alkanes) is 1. The van der Waals surface area contributed by atoms with Gasteiger partial charge in [-0.1, -0.05) is 13.3 Å². The van der Waals surface area contributed by atoms with Gasteiger partial charge in [-0.05, 0) is 24.6 Å². The van der Waals surface area contributed by atoms with Crippen molar-refractivity contribution in [2.24, 2.45) is 0 Å². The van der Waals surface area contributed by atoms with Gasteiger partial charge in [-0.2, -0.15) is 18.4 Å². The van der Waals surface area contributed by atoms with Gasteiger partial charge in [0, 0.05) is 0 Å². The van der Waals surface area contributed by atoms with Gasteiger partial charge in [0.2, 0.25) is 0 Å². The minimum atomic E-state index is -4.42. The van der Waals surface area contributed by atoms with Gasteiger partial charge in [0.25, 0.3) is 0 Å². The normalized spacial score (nSPS) is 11.0. The first-order valence-corrected chi connectivity index (χ1v) is 5.23. The van der Waals surface area contributed by atoms with Crippen molar-refractivity contribution >= 4 is 0 Å². The Balaban J connectivity index is 2.96. The number of benzene rings is 1. The third kappa shape index (κ3) is 3.66. The van der Waals surface area contributed by atoms with Crippen LogP contribution in [0.25, 0.3) is 0 Å². The fourth-order valence-electron chi connectivity index (χ4n) is 1.24. The van der Waals surface area contributed by atoms with Crippen LogP contribution >= 0.6 is 0 Å². The lowest BCUT2D eigenvalue weighted by molar-refractivity contribution is -0.137. The van der Waals surface area contributed by atoms with Crippen LogP contribution in [0.15, 0.2) is 18.2 Å². The lowest BCUT2D eigenvalue weighted by Crippen LogP contribution is -2.06. The zero-order chi connectivity index (χ0) is 12.9. The summed E-state index contributed by atoms with van der Waals surface area (Å²) in [5, 5.41) is 8.76. The van der Waals surface area contributed by atoms with E-state index in [1.807, 2.05) is 13.0 Å². The summed E-state index contributed by atoms with van der Waals surface area (Å²) in [5.74, 6) is -0.00391. The number of alkyl halides is 3. The van der Waals surface area contributed by atoms with Gasteiger partial charge in [0.1, 0.15) is 11.8 Å². The number of hydrogen-bond donors (Lipinski definition) is 0. The number of ether oxygens (including phenoxy) is 1. The van der Waals surface area contributed by atoms with Gasteiger partial charge < -0.3 is 4.74 Å². The molecule has 0 radical (unpaired) electrons. The Kier molecular flexibility index (Phi) is 4.38. The van der Waals surface area contributed by atoms with Crippen molar-refractivity contribution in [3.05, 3.63) is 29.3 Å². The Morgan fingerprint density at radius 3 is 2.59 bits per heavy atom. The molecule has 1 aromatic rings. The van der Waals surface area contributed by atoms with Crippen molar-refractivity contribution in [2.75, 3.05) is 6.61 Å². The van der Waals surface area contributed by atoms with E-state index in [1.165, 1.54) is 0 Å². The molecule has 0 spiro atoms. The molecule has 0 aromatic heterocycles. The summed E-state index contributed by atoms with van der Waals surface area (Å²) in [5.41, 5.74) is -0.683. The average Bonchev–Trinajstić information content (AvgIpc) is 2.28. The molecule has 0 saturated carbocycles. The second kappa shape index (κ2) is 5.58. The summed E-state index contributed by atoms with van der Waals surface area (Å²) in [6.07, 6.45) is -2.81. The largest absolute Gasteiger partial charge is 0.492 e. The minimum absolute atomic E-state index is 0.00391. The Morgan fingerprint density at radius 1 is 1.35 bits per heavy atom. The zero-order valence-corrected chi connectivity index (χ0v) is 9.34. The van der Waals surface area contributed by atoms with Gasteiger partial charge in [0.15, 0.2) is 0 Å². The molecule has 1 aromatic carbocycles. The van der Waals surface area contributed by atoms with E-state index in [0.717, 1.165) is 31.0 Å². The minimum Gasteiger partial charge on any atom is -0.492 e. The quantitative estimate of drug-likeness (QED) is 0.754. The van der Waals surface area contributed by atoms with Gasteiger partial charge >= 0.3 is 6.18 Å². The third-order valence-electron chi connectivity index (χ3n) is 2.18. The highest BCUT2D eigenvalue weighted by molar-refractivity contribution is 5.46. The van der Waals surface area contributed by atoms with Gasteiger partial charge in [-0.3, -0.25) is 0 Å². The summed E-state index contributed by atoms with van der Waals surface area (Å²) in [4.78, 5) is 0. The molecular formula is C12H12F3NO. The summed E-state index contributed by atoms with van der Waals surface area (Å²) < 4.78 is 42.5. The van der Waals surface area contributed by atoms with Crippen molar-refractivity contribution in [1.82, 2.24) is 0 Å². The van der Waals surface area contributed by atoms with Crippen LogP contribution in [0.1, 0.15) is 30.9 Å². The van der Waals surface area contributed by atoms with Crippen LogP contribution in [0.2, 0.25) is 0 Å². The van der Waals surface area contributed by atoms with Crippen LogP contribution in [0.3, 0.4) is 0 Å². The molecule has 1 rings (SSSR count). The molecule has 0 bridgehead atoms. The smallest absolute Gasteiger partial charge is 0.416 e. The SMILES string of the molecule is CCCCOc1cc(C(F)(F)F)ccc1C#N. The Hall–Kier alpha value is -1.70. The molecule has 92 valence electrons. The molecule has 0 aliphatic heterocycles. The number of rotatable bonds is 4. The first kappa shape index (κ1) is 13.4. The van der Waals surface area contributed by atoms with Crippen LogP contribution in [-0.2, 0) is 6.18 Å². The molecule has 0 amide bonds. The number of nitrogens with zero attached hydrogens (tertiary/aromatic N) is 1. The standard InChI is InChI=1S/C12H12F3NO/c1-2-3-6-17-11-7-10(12(13,14)15)5-4-9(11)8-16/h4-5,7H,2-3,6H2,1H3. The first-order valence-electron chi connectivity index (χ1n) is 5.23. The highest BCUT2D eigenvalue weighted by Gasteiger charge is 2.31. The van der Waals surface area contributed by atoms with Crippen LogP contribution in [0.4, 0.5) is 13.2 Å². The fourth-order valence-corrected chi connectivity index (χ4v) is 1.24. The first-order chi connectivity index (χ1) is 7.99. The van der Waals surface area contributed by atoms with Crippen LogP contribution in [0.5, 0.6) is 5.75 Å².